The summed E-state index contributed by atoms with van der Waals surface area (Å²) in [6.45, 7) is 0.300. The quantitative estimate of drug-likeness (QED) is 0.538. The normalized spacial score (nSPS) is 28.7. The first-order valence-corrected chi connectivity index (χ1v) is 10.2. The van der Waals surface area contributed by atoms with Crippen LogP contribution in [0.15, 0.2) is 29.6 Å². The lowest BCUT2D eigenvalue weighted by Crippen LogP contribution is -2.33. The summed E-state index contributed by atoms with van der Waals surface area (Å²) in [5, 5.41) is 32.4. The second-order valence-electron chi connectivity index (χ2n) is 7.31. The third-order valence-corrected chi connectivity index (χ3v) is 6.54. The number of aromatic nitrogens is 1. The number of carboxylic acids is 1. The van der Waals surface area contributed by atoms with Gasteiger partial charge in [-0.05, 0) is 30.9 Å². The van der Waals surface area contributed by atoms with Gasteiger partial charge in [0.25, 0.3) is 5.69 Å². The standard InChI is InChI=1S/C19H20N2O7S/c22-15-7-17-12(5-6-16(28-17)18-20-14(9-29-18)19(23)24)13(15)8-27-11-3-1-10(2-4-11)21(25)26/h1-4,9,12-13,15-17,22H,5-8H2,(H,23,24)/t12-,13-,15-,16-,17+/m1/s1. The lowest BCUT2D eigenvalue weighted by Gasteiger charge is -2.33. The lowest BCUT2D eigenvalue weighted by atomic mass is 9.87. The summed E-state index contributed by atoms with van der Waals surface area (Å²) in [5.41, 5.74) is 0.0230. The zero-order valence-electron chi connectivity index (χ0n) is 15.3. The number of aliphatic hydroxyl groups excluding tert-OH is 1. The van der Waals surface area contributed by atoms with Crippen LogP contribution in [-0.4, -0.2) is 44.9 Å². The first-order valence-electron chi connectivity index (χ1n) is 9.32. The number of nitro benzene ring substituents is 1. The molecule has 2 aromatic rings. The Morgan fingerprint density at radius 2 is 2.10 bits per heavy atom. The van der Waals surface area contributed by atoms with Gasteiger partial charge in [-0.2, -0.15) is 0 Å². The number of aromatic carboxylic acids is 1. The van der Waals surface area contributed by atoms with Crippen molar-refractivity contribution in [2.45, 2.75) is 37.6 Å². The van der Waals surface area contributed by atoms with E-state index in [0.29, 0.717) is 30.2 Å². The fourth-order valence-corrected chi connectivity index (χ4v) is 5.00. The zero-order chi connectivity index (χ0) is 20.5. The molecule has 154 valence electrons. The van der Waals surface area contributed by atoms with Crippen LogP contribution >= 0.6 is 11.3 Å². The smallest absolute Gasteiger partial charge is 0.355 e. The number of hydrogen-bond acceptors (Lipinski definition) is 8. The van der Waals surface area contributed by atoms with Gasteiger partial charge in [0.1, 0.15) is 16.9 Å². The predicted molar refractivity (Wildman–Crippen MR) is 102 cm³/mol. The summed E-state index contributed by atoms with van der Waals surface area (Å²) in [6.07, 6.45) is 1.07. The number of carboxylic acid groups (broad SMARTS) is 1. The van der Waals surface area contributed by atoms with Gasteiger partial charge in [-0.15, -0.1) is 11.3 Å². The van der Waals surface area contributed by atoms with Crippen LogP contribution in [0, 0.1) is 22.0 Å². The average Bonchev–Trinajstić information content (AvgIpc) is 3.30. The SMILES string of the molecule is O=C(O)c1csc([C@H]2CC[C@@H]3[C@@H](COc4ccc([N+](=O)[O-])cc4)[C@H](O)C[C@@H]3O2)n1. The average molecular weight is 420 g/mol. The van der Waals surface area contributed by atoms with Crippen LogP contribution < -0.4 is 4.74 Å². The highest BCUT2D eigenvalue weighted by atomic mass is 32.1. The van der Waals surface area contributed by atoms with E-state index in [4.69, 9.17) is 14.6 Å². The molecule has 2 N–H and O–H groups in total. The largest absolute Gasteiger partial charge is 0.493 e. The Morgan fingerprint density at radius 1 is 1.34 bits per heavy atom. The van der Waals surface area contributed by atoms with Gasteiger partial charge in [0.15, 0.2) is 5.69 Å². The van der Waals surface area contributed by atoms with E-state index in [0.717, 1.165) is 6.42 Å². The minimum Gasteiger partial charge on any atom is -0.493 e. The van der Waals surface area contributed by atoms with Crippen LogP contribution in [0.3, 0.4) is 0 Å². The van der Waals surface area contributed by atoms with Crippen LogP contribution in [0.25, 0.3) is 0 Å². The topological polar surface area (TPSA) is 132 Å². The molecule has 1 aliphatic carbocycles. The van der Waals surface area contributed by atoms with Crippen molar-refractivity contribution in [2.75, 3.05) is 6.61 Å². The van der Waals surface area contributed by atoms with E-state index in [1.165, 1.54) is 28.8 Å². The van der Waals surface area contributed by atoms with Crippen LogP contribution in [0.5, 0.6) is 5.75 Å². The number of hydrogen-bond donors (Lipinski definition) is 2. The van der Waals surface area contributed by atoms with E-state index in [1.54, 1.807) is 12.1 Å². The molecule has 10 heteroatoms. The maximum atomic E-state index is 11.0. The molecular weight excluding hydrogens is 400 g/mol. The summed E-state index contributed by atoms with van der Waals surface area (Å²) in [4.78, 5) is 25.4. The van der Waals surface area contributed by atoms with Crippen LogP contribution in [0.2, 0.25) is 0 Å². The van der Waals surface area contributed by atoms with Crippen molar-refractivity contribution in [3.8, 4) is 5.75 Å². The number of ether oxygens (including phenoxy) is 2. The van der Waals surface area contributed by atoms with E-state index >= 15 is 0 Å². The molecule has 0 spiro atoms. The first kappa shape index (κ1) is 19.7. The summed E-state index contributed by atoms with van der Waals surface area (Å²) in [6, 6.07) is 5.87. The fraction of sp³-hybridized carbons (Fsp3) is 0.474. The van der Waals surface area contributed by atoms with Gasteiger partial charge in [0.05, 0.1) is 23.7 Å². The first-order chi connectivity index (χ1) is 13.9. The van der Waals surface area contributed by atoms with Crippen molar-refractivity contribution in [1.82, 2.24) is 4.98 Å². The highest BCUT2D eigenvalue weighted by molar-refractivity contribution is 7.09. The van der Waals surface area contributed by atoms with Gasteiger partial charge in [0, 0.05) is 29.9 Å². The second-order valence-corrected chi connectivity index (χ2v) is 8.20. The van der Waals surface area contributed by atoms with Crippen molar-refractivity contribution in [2.24, 2.45) is 11.8 Å². The number of thiazole rings is 1. The van der Waals surface area contributed by atoms with Gasteiger partial charge in [-0.1, -0.05) is 0 Å². The van der Waals surface area contributed by atoms with Gasteiger partial charge < -0.3 is 19.7 Å². The van der Waals surface area contributed by atoms with Crippen molar-refractivity contribution < 1.29 is 29.4 Å². The number of non-ortho nitro benzene ring substituents is 1. The highest BCUT2D eigenvalue weighted by Gasteiger charge is 2.47. The molecule has 2 fully saturated rings. The molecule has 1 saturated carbocycles. The van der Waals surface area contributed by atoms with Crippen molar-refractivity contribution in [3.05, 3.63) is 50.5 Å². The molecule has 0 bridgehead atoms. The van der Waals surface area contributed by atoms with Crippen molar-refractivity contribution in [1.29, 1.82) is 0 Å². The molecule has 4 rings (SSSR count). The monoisotopic (exact) mass is 420 g/mol. The number of aliphatic hydroxyl groups is 1. The molecule has 5 atom stereocenters. The molecule has 1 aromatic heterocycles. The number of carbonyl (C=O) groups is 1. The number of fused-ring (bicyclic) bond motifs is 1. The third kappa shape index (κ3) is 4.09. The fourth-order valence-electron chi connectivity index (χ4n) is 4.13. The van der Waals surface area contributed by atoms with Gasteiger partial charge in [-0.25, -0.2) is 9.78 Å². The van der Waals surface area contributed by atoms with Crippen LogP contribution in [-0.2, 0) is 4.74 Å². The Balaban J connectivity index is 1.36. The summed E-state index contributed by atoms with van der Waals surface area (Å²) < 4.78 is 11.9. The Bertz CT molecular complexity index is 900. The Hall–Kier alpha value is -2.56. The molecule has 2 aliphatic rings. The van der Waals surface area contributed by atoms with E-state index in [1.807, 2.05) is 0 Å². The van der Waals surface area contributed by atoms with Crippen molar-refractivity contribution in [3.63, 3.8) is 0 Å². The molecule has 2 heterocycles. The molecule has 1 saturated heterocycles. The molecule has 0 radical (unpaired) electrons. The Morgan fingerprint density at radius 3 is 2.76 bits per heavy atom. The Labute approximate surface area is 170 Å². The molecule has 1 aromatic carbocycles. The molecule has 9 nitrogen and oxygen atoms in total. The Kier molecular flexibility index (Phi) is 5.48. The zero-order valence-corrected chi connectivity index (χ0v) is 16.2. The van der Waals surface area contributed by atoms with Crippen molar-refractivity contribution >= 4 is 23.0 Å². The van der Waals surface area contributed by atoms with E-state index in [9.17, 15) is 20.0 Å². The molecule has 29 heavy (non-hydrogen) atoms. The molecule has 1 aliphatic heterocycles. The van der Waals surface area contributed by atoms with Gasteiger partial charge in [0.2, 0.25) is 0 Å². The van der Waals surface area contributed by atoms with Crippen LogP contribution in [0.1, 0.15) is 40.9 Å². The number of nitrogens with zero attached hydrogens (tertiary/aromatic N) is 2. The minimum absolute atomic E-state index is 0.00159. The van der Waals surface area contributed by atoms with Gasteiger partial charge >= 0.3 is 5.97 Å². The maximum absolute atomic E-state index is 11.0. The lowest BCUT2D eigenvalue weighted by molar-refractivity contribution is -0.384. The minimum atomic E-state index is -1.05. The number of nitro groups is 1. The van der Waals surface area contributed by atoms with Gasteiger partial charge in [-0.3, -0.25) is 10.1 Å². The molecule has 0 amide bonds. The summed E-state index contributed by atoms with van der Waals surface area (Å²) in [7, 11) is 0. The maximum Gasteiger partial charge on any atom is 0.355 e. The molecular formula is C19H20N2O7S. The van der Waals surface area contributed by atoms with E-state index in [2.05, 4.69) is 4.98 Å². The summed E-state index contributed by atoms with van der Waals surface area (Å²) in [5.74, 6) is -0.494. The van der Waals surface area contributed by atoms with E-state index < -0.39 is 17.0 Å². The third-order valence-electron chi connectivity index (χ3n) is 5.60. The predicted octanol–water partition coefficient (Wildman–Crippen LogP) is 3.05. The number of benzene rings is 1. The van der Waals surface area contributed by atoms with E-state index in [-0.39, 0.29) is 35.4 Å². The summed E-state index contributed by atoms with van der Waals surface area (Å²) >= 11 is 1.28. The molecule has 0 unspecified atom stereocenters. The number of rotatable bonds is 6. The van der Waals surface area contributed by atoms with Crippen LogP contribution in [0.4, 0.5) is 5.69 Å². The highest BCUT2D eigenvalue weighted by Crippen LogP contribution is 2.46. The second kappa shape index (κ2) is 8.05.